The number of ether oxygens (including phenoxy) is 1. The van der Waals surface area contributed by atoms with E-state index in [0.717, 1.165) is 16.8 Å². The van der Waals surface area contributed by atoms with Crippen molar-refractivity contribution in [3.05, 3.63) is 58.4 Å². The minimum Gasteiger partial charge on any atom is -0.504 e. The maximum atomic E-state index is 9.58. The summed E-state index contributed by atoms with van der Waals surface area (Å²) in [6, 6.07) is 12.6. The van der Waals surface area contributed by atoms with Crippen molar-refractivity contribution in [2.75, 3.05) is 7.11 Å². The number of aromatic nitrogens is 1. The molecule has 0 aliphatic heterocycles. The van der Waals surface area contributed by atoms with E-state index in [1.54, 1.807) is 24.4 Å². The lowest BCUT2D eigenvalue weighted by atomic mass is 10.2. The molecular formula is C17H13ClN2O2S. The van der Waals surface area contributed by atoms with Gasteiger partial charge in [-0.25, -0.2) is 9.98 Å². The van der Waals surface area contributed by atoms with Crippen molar-refractivity contribution >= 4 is 34.3 Å². The number of rotatable bonds is 4. The Labute approximate surface area is 142 Å². The molecule has 0 unspecified atom stereocenters. The first-order chi connectivity index (χ1) is 11.2. The average Bonchev–Trinajstić information content (AvgIpc) is 3.04. The van der Waals surface area contributed by atoms with Gasteiger partial charge in [-0.3, -0.25) is 0 Å². The number of benzene rings is 2. The molecule has 2 aromatic carbocycles. The van der Waals surface area contributed by atoms with Crippen molar-refractivity contribution in [3.63, 3.8) is 0 Å². The van der Waals surface area contributed by atoms with Gasteiger partial charge in [0.05, 0.1) is 12.8 Å². The maximum Gasteiger partial charge on any atom is 0.209 e. The van der Waals surface area contributed by atoms with E-state index in [1.165, 1.54) is 18.4 Å². The number of aromatic hydroxyl groups is 1. The maximum absolute atomic E-state index is 9.58. The van der Waals surface area contributed by atoms with Gasteiger partial charge >= 0.3 is 0 Å². The highest BCUT2D eigenvalue weighted by atomic mass is 35.5. The fourth-order valence-corrected chi connectivity index (χ4v) is 2.78. The Morgan fingerprint density at radius 1 is 1.22 bits per heavy atom. The van der Waals surface area contributed by atoms with Crippen molar-refractivity contribution in [2.24, 2.45) is 4.99 Å². The van der Waals surface area contributed by atoms with E-state index >= 15 is 0 Å². The molecule has 3 aromatic rings. The normalized spacial score (nSPS) is 11.0. The molecule has 0 saturated heterocycles. The number of halogens is 1. The van der Waals surface area contributed by atoms with Crippen LogP contribution < -0.4 is 4.74 Å². The van der Waals surface area contributed by atoms with Crippen molar-refractivity contribution in [1.82, 2.24) is 4.98 Å². The molecule has 0 spiro atoms. The van der Waals surface area contributed by atoms with Crippen LogP contribution in [0.2, 0.25) is 5.02 Å². The highest BCUT2D eigenvalue weighted by Gasteiger charge is 2.04. The quantitative estimate of drug-likeness (QED) is 0.683. The zero-order valence-corrected chi connectivity index (χ0v) is 13.8. The Balaban J connectivity index is 1.80. The lowest BCUT2D eigenvalue weighted by Crippen LogP contribution is -1.86. The predicted molar refractivity (Wildman–Crippen MR) is 94.5 cm³/mol. The van der Waals surface area contributed by atoms with Crippen LogP contribution in [0.15, 0.2) is 52.8 Å². The Morgan fingerprint density at radius 3 is 2.74 bits per heavy atom. The number of hydrogen-bond donors (Lipinski definition) is 1. The zero-order valence-electron chi connectivity index (χ0n) is 12.2. The fourth-order valence-electron chi connectivity index (χ4n) is 1.98. The number of aliphatic imine (C=N–C) groups is 1. The molecule has 0 amide bonds. The van der Waals surface area contributed by atoms with Crippen LogP contribution in [0, 0.1) is 0 Å². The van der Waals surface area contributed by atoms with Crippen LogP contribution in [0.4, 0.5) is 5.13 Å². The predicted octanol–water partition coefficient (Wildman–Crippen LogP) is 4.93. The third kappa shape index (κ3) is 3.70. The van der Waals surface area contributed by atoms with E-state index in [-0.39, 0.29) is 5.75 Å². The smallest absolute Gasteiger partial charge is 0.209 e. The molecule has 6 heteroatoms. The van der Waals surface area contributed by atoms with Gasteiger partial charge in [-0.15, -0.1) is 11.3 Å². The van der Waals surface area contributed by atoms with Gasteiger partial charge in [-0.05, 0) is 35.9 Å². The third-order valence-corrected chi connectivity index (χ3v) is 4.16. The Kier molecular flexibility index (Phi) is 4.60. The molecule has 3 rings (SSSR count). The second-order valence-electron chi connectivity index (χ2n) is 4.71. The molecule has 0 aliphatic rings. The lowest BCUT2D eigenvalue weighted by molar-refractivity contribution is 0.373. The molecule has 0 radical (unpaired) electrons. The van der Waals surface area contributed by atoms with Crippen molar-refractivity contribution in [1.29, 1.82) is 0 Å². The molecule has 116 valence electrons. The summed E-state index contributed by atoms with van der Waals surface area (Å²) in [7, 11) is 1.51. The van der Waals surface area contributed by atoms with Crippen LogP contribution in [0.25, 0.3) is 11.3 Å². The SMILES string of the molecule is COc1cc(C=Nc2nc(-c3ccc(Cl)cc3)cs2)ccc1O. The first-order valence-electron chi connectivity index (χ1n) is 6.78. The second kappa shape index (κ2) is 6.81. The summed E-state index contributed by atoms with van der Waals surface area (Å²) in [4.78, 5) is 8.85. The molecule has 0 atom stereocenters. The summed E-state index contributed by atoms with van der Waals surface area (Å²) in [6.07, 6.45) is 1.69. The number of nitrogens with zero attached hydrogens (tertiary/aromatic N) is 2. The Bertz CT molecular complexity index is 844. The summed E-state index contributed by atoms with van der Waals surface area (Å²) in [6.45, 7) is 0. The van der Waals surface area contributed by atoms with Crippen LogP contribution in [-0.2, 0) is 0 Å². The van der Waals surface area contributed by atoms with Gasteiger partial charge in [0.2, 0.25) is 5.13 Å². The largest absolute Gasteiger partial charge is 0.504 e. The van der Waals surface area contributed by atoms with Crippen molar-refractivity contribution in [2.45, 2.75) is 0 Å². The standard InChI is InChI=1S/C17H13ClN2O2S/c1-22-16-8-11(2-7-15(16)21)9-19-17-20-14(10-23-17)12-3-5-13(18)6-4-12/h2-10,21H,1H3. The van der Waals surface area contributed by atoms with Gasteiger partial charge in [0.25, 0.3) is 0 Å². The molecule has 0 fully saturated rings. The van der Waals surface area contributed by atoms with Crippen LogP contribution in [-0.4, -0.2) is 23.4 Å². The molecular weight excluding hydrogens is 332 g/mol. The molecule has 23 heavy (non-hydrogen) atoms. The van der Waals surface area contributed by atoms with E-state index in [4.69, 9.17) is 16.3 Å². The number of hydrogen-bond acceptors (Lipinski definition) is 5. The monoisotopic (exact) mass is 344 g/mol. The summed E-state index contributed by atoms with van der Waals surface area (Å²) >= 11 is 7.35. The Hall–Kier alpha value is -2.37. The van der Waals surface area contributed by atoms with Crippen LogP contribution in [0.5, 0.6) is 11.5 Å². The number of phenolic OH excluding ortho intramolecular Hbond substituents is 1. The van der Waals surface area contributed by atoms with Crippen LogP contribution >= 0.6 is 22.9 Å². The van der Waals surface area contributed by atoms with Crippen LogP contribution in [0.3, 0.4) is 0 Å². The molecule has 1 aromatic heterocycles. The third-order valence-electron chi connectivity index (χ3n) is 3.16. The molecule has 1 N–H and O–H groups in total. The molecule has 0 bridgehead atoms. The topological polar surface area (TPSA) is 54.7 Å². The Morgan fingerprint density at radius 2 is 2.00 bits per heavy atom. The van der Waals surface area contributed by atoms with E-state index in [9.17, 15) is 5.11 Å². The van der Waals surface area contributed by atoms with Crippen LogP contribution in [0.1, 0.15) is 5.56 Å². The van der Waals surface area contributed by atoms with E-state index in [0.29, 0.717) is 15.9 Å². The van der Waals surface area contributed by atoms with Gasteiger partial charge in [0, 0.05) is 22.2 Å². The molecule has 0 aliphatic carbocycles. The average molecular weight is 345 g/mol. The highest BCUT2D eigenvalue weighted by molar-refractivity contribution is 7.13. The lowest BCUT2D eigenvalue weighted by Gasteiger charge is -2.02. The minimum absolute atomic E-state index is 0.101. The molecule has 1 heterocycles. The highest BCUT2D eigenvalue weighted by Crippen LogP contribution is 2.28. The summed E-state index contributed by atoms with van der Waals surface area (Å²) in [5.41, 5.74) is 2.68. The first kappa shape index (κ1) is 15.5. The fraction of sp³-hybridized carbons (Fsp3) is 0.0588. The van der Waals surface area contributed by atoms with Gasteiger partial charge in [0.1, 0.15) is 0 Å². The van der Waals surface area contributed by atoms with Gasteiger partial charge in [-0.2, -0.15) is 0 Å². The summed E-state index contributed by atoms with van der Waals surface area (Å²) < 4.78 is 5.07. The van der Waals surface area contributed by atoms with E-state index < -0.39 is 0 Å². The van der Waals surface area contributed by atoms with Crippen molar-refractivity contribution < 1.29 is 9.84 Å². The first-order valence-corrected chi connectivity index (χ1v) is 8.04. The van der Waals surface area contributed by atoms with E-state index in [2.05, 4.69) is 9.98 Å². The number of thiazole rings is 1. The van der Waals surface area contributed by atoms with Gasteiger partial charge in [-0.1, -0.05) is 23.7 Å². The van der Waals surface area contributed by atoms with Gasteiger partial charge in [0.15, 0.2) is 11.5 Å². The zero-order chi connectivity index (χ0) is 16.2. The van der Waals surface area contributed by atoms with Gasteiger partial charge < -0.3 is 9.84 Å². The summed E-state index contributed by atoms with van der Waals surface area (Å²) in [5, 5.41) is 12.9. The molecule has 0 saturated carbocycles. The minimum atomic E-state index is 0.101. The number of methoxy groups -OCH3 is 1. The second-order valence-corrected chi connectivity index (χ2v) is 5.98. The van der Waals surface area contributed by atoms with Crippen molar-refractivity contribution in [3.8, 4) is 22.8 Å². The molecule has 4 nitrogen and oxygen atoms in total. The summed E-state index contributed by atoms with van der Waals surface area (Å²) in [5.74, 6) is 0.513. The van der Waals surface area contributed by atoms with E-state index in [1.807, 2.05) is 29.6 Å². The number of phenols is 1.